The molecule has 148 valence electrons. The van der Waals surface area contributed by atoms with Crippen molar-refractivity contribution in [3.63, 3.8) is 0 Å². The SMILES string of the molecule is O=C(CN(C(=O)c1ccc(F)c(Cl)c1)C1CCCCCC1)N1CCNCC1. The van der Waals surface area contributed by atoms with Crippen molar-refractivity contribution in [2.75, 3.05) is 32.7 Å². The van der Waals surface area contributed by atoms with Crippen LogP contribution in [0.1, 0.15) is 48.9 Å². The number of nitrogens with zero attached hydrogens (tertiary/aromatic N) is 2. The van der Waals surface area contributed by atoms with E-state index in [-0.39, 0.29) is 29.4 Å². The first-order chi connectivity index (χ1) is 13.1. The summed E-state index contributed by atoms with van der Waals surface area (Å²) in [6.07, 6.45) is 6.23. The average molecular weight is 396 g/mol. The van der Waals surface area contributed by atoms with Crippen molar-refractivity contribution in [3.8, 4) is 0 Å². The minimum atomic E-state index is -0.550. The van der Waals surface area contributed by atoms with E-state index in [2.05, 4.69) is 5.32 Å². The first-order valence-electron chi connectivity index (χ1n) is 9.81. The van der Waals surface area contributed by atoms with Gasteiger partial charge >= 0.3 is 0 Å². The van der Waals surface area contributed by atoms with Gasteiger partial charge in [0, 0.05) is 37.8 Å². The fraction of sp³-hybridized carbons (Fsp3) is 0.600. The number of carbonyl (C=O) groups is 2. The fourth-order valence-electron chi connectivity index (χ4n) is 3.89. The molecule has 0 atom stereocenters. The van der Waals surface area contributed by atoms with Crippen LogP contribution in [0.3, 0.4) is 0 Å². The van der Waals surface area contributed by atoms with E-state index in [9.17, 15) is 14.0 Å². The van der Waals surface area contributed by atoms with Gasteiger partial charge in [-0.1, -0.05) is 37.3 Å². The highest BCUT2D eigenvalue weighted by atomic mass is 35.5. The molecule has 2 amide bonds. The molecule has 0 radical (unpaired) electrons. The van der Waals surface area contributed by atoms with Crippen LogP contribution in [-0.2, 0) is 4.79 Å². The van der Waals surface area contributed by atoms with Gasteiger partial charge in [-0.15, -0.1) is 0 Å². The lowest BCUT2D eigenvalue weighted by Gasteiger charge is -2.34. The molecular formula is C20H27ClFN3O2. The molecule has 0 aromatic heterocycles. The molecule has 2 fully saturated rings. The summed E-state index contributed by atoms with van der Waals surface area (Å²) in [5.41, 5.74) is 0.332. The number of piperazine rings is 1. The van der Waals surface area contributed by atoms with Crippen molar-refractivity contribution >= 4 is 23.4 Å². The Morgan fingerprint density at radius 3 is 2.44 bits per heavy atom. The maximum atomic E-state index is 13.5. The Morgan fingerprint density at radius 1 is 1.15 bits per heavy atom. The van der Waals surface area contributed by atoms with E-state index in [0.29, 0.717) is 18.7 Å². The van der Waals surface area contributed by atoms with Crippen molar-refractivity contribution in [1.82, 2.24) is 15.1 Å². The lowest BCUT2D eigenvalue weighted by atomic mass is 10.0. The summed E-state index contributed by atoms with van der Waals surface area (Å²) in [5, 5.41) is 3.16. The summed E-state index contributed by atoms with van der Waals surface area (Å²) in [6, 6.07) is 4.05. The van der Waals surface area contributed by atoms with Crippen molar-refractivity contribution in [1.29, 1.82) is 0 Å². The van der Waals surface area contributed by atoms with Crippen LogP contribution in [0.25, 0.3) is 0 Å². The van der Waals surface area contributed by atoms with Crippen LogP contribution < -0.4 is 5.32 Å². The van der Waals surface area contributed by atoms with E-state index in [4.69, 9.17) is 11.6 Å². The first-order valence-corrected chi connectivity index (χ1v) is 10.2. The summed E-state index contributed by atoms with van der Waals surface area (Å²) in [6.45, 7) is 2.94. The van der Waals surface area contributed by atoms with Gasteiger partial charge in [-0.05, 0) is 31.0 Å². The first kappa shape index (κ1) is 20.1. The number of nitrogens with one attached hydrogen (secondary N) is 1. The second-order valence-corrected chi connectivity index (χ2v) is 7.75. The van der Waals surface area contributed by atoms with Crippen LogP contribution in [0.2, 0.25) is 5.02 Å². The predicted octanol–water partition coefficient (Wildman–Crippen LogP) is 3.08. The molecule has 27 heavy (non-hydrogen) atoms. The van der Waals surface area contributed by atoms with Crippen LogP contribution >= 0.6 is 11.6 Å². The van der Waals surface area contributed by atoms with Crippen LogP contribution in [0.15, 0.2) is 18.2 Å². The molecular weight excluding hydrogens is 369 g/mol. The van der Waals surface area contributed by atoms with Gasteiger partial charge in [0.1, 0.15) is 12.4 Å². The summed E-state index contributed by atoms with van der Waals surface area (Å²) in [4.78, 5) is 29.5. The maximum absolute atomic E-state index is 13.5. The Bertz CT molecular complexity index is 671. The third kappa shape index (κ3) is 5.20. The molecule has 1 saturated heterocycles. The van der Waals surface area contributed by atoms with Crippen molar-refractivity contribution in [2.24, 2.45) is 0 Å². The van der Waals surface area contributed by atoms with Crippen molar-refractivity contribution < 1.29 is 14.0 Å². The quantitative estimate of drug-likeness (QED) is 0.797. The largest absolute Gasteiger partial charge is 0.339 e. The van der Waals surface area contributed by atoms with Gasteiger partial charge in [0.05, 0.1) is 5.02 Å². The molecule has 7 heteroatoms. The van der Waals surface area contributed by atoms with E-state index >= 15 is 0 Å². The number of rotatable bonds is 4. The number of carbonyl (C=O) groups excluding carboxylic acids is 2. The zero-order valence-electron chi connectivity index (χ0n) is 15.6. The third-order valence-corrected chi connectivity index (χ3v) is 5.76. The molecule has 5 nitrogen and oxygen atoms in total. The lowest BCUT2D eigenvalue weighted by molar-refractivity contribution is -0.133. The Labute approximate surface area is 164 Å². The van der Waals surface area contributed by atoms with Gasteiger partial charge in [0.25, 0.3) is 5.91 Å². The van der Waals surface area contributed by atoms with Crippen molar-refractivity contribution in [3.05, 3.63) is 34.6 Å². The van der Waals surface area contributed by atoms with Crippen LogP contribution in [0.4, 0.5) is 4.39 Å². The van der Waals surface area contributed by atoms with Crippen LogP contribution in [-0.4, -0.2) is 60.4 Å². The molecule has 1 aromatic rings. The molecule has 1 heterocycles. The molecule has 2 aliphatic rings. The predicted molar refractivity (Wildman–Crippen MR) is 103 cm³/mol. The zero-order chi connectivity index (χ0) is 19.2. The molecule has 0 spiro atoms. The molecule has 3 rings (SSSR count). The van der Waals surface area contributed by atoms with Crippen molar-refractivity contribution in [2.45, 2.75) is 44.6 Å². The van der Waals surface area contributed by atoms with Crippen LogP contribution in [0, 0.1) is 5.82 Å². The Morgan fingerprint density at radius 2 is 1.81 bits per heavy atom. The smallest absolute Gasteiger partial charge is 0.254 e. The van der Waals surface area contributed by atoms with Gasteiger partial charge in [-0.3, -0.25) is 9.59 Å². The summed E-state index contributed by atoms with van der Waals surface area (Å²) in [5.74, 6) is -0.819. The summed E-state index contributed by atoms with van der Waals surface area (Å²) in [7, 11) is 0. The second-order valence-electron chi connectivity index (χ2n) is 7.34. The zero-order valence-corrected chi connectivity index (χ0v) is 16.3. The summed E-state index contributed by atoms with van der Waals surface area (Å²) >= 11 is 5.87. The lowest BCUT2D eigenvalue weighted by Crippen LogP contribution is -2.52. The van der Waals surface area contributed by atoms with E-state index in [1.807, 2.05) is 4.90 Å². The van der Waals surface area contributed by atoms with E-state index < -0.39 is 5.82 Å². The molecule has 1 aliphatic heterocycles. The van der Waals surface area contributed by atoms with E-state index in [0.717, 1.165) is 51.6 Å². The highest BCUT2D eigenvalue weighted by molar-refractivity contribution is 6.31. The summed E-state index contributed by atoms with van der Waals surface area (Å²) < 4.78 is 13.5. The van der Waals surface area contributed by atoms with Gasteiger partial charge in [-0.2, -0.15) is 0 Å². The highest BCUT2D eigenvalue weighted by Crippen LogP contribution is 2.25. The third-order valence-electron chi connectivity index (χ3n) is 5.47. The number of amides is 2. The maximum Gasteiger partial charge on any atom is 0.254 e. The Hall–Kier alpha value is -1.66. The minimum Gasteiger partial charge on any atom is -0.339 e. The molecule has 1 aliphatic carbocycles. The number of halogens is 2. The van der Waals surface area contributed by atoms with Gasteiger partial charge < -0.3 is 15.1 Å². The number of hydrogen-bond acceptors (Lipinski definition) is 3. The Kier molecular flexibility index (Phi) is 7.07. The molecule has 1 saturated carbocycles. The average Bonchev–Trinajstić information content (AvgIpc) is 2.97. The standard InChI is InChI=1S/C20H27ClFN3O2/c21-17-13-15(7-8-18(17)22)20(27)25(16-5-3-1-2-4-6-16)14-19(26)24-11-9-23-10-12-24/h7-8,13,16,23H,1-6,9-12,14H2. The number of hydrogen-bond donors (Lipinski definition) is 1. The monoisotopic (exact) mass is 395 g/mol. The molecule has 1 N–H and O–H groups in total. The second kappa shape index (κ2) is 9.51. The van der Waals surface area contributed by atoms with Crippen LogP contribution in [0.5, 0.6) is 0 Å². The van der Waals surface area contributed by atoms with Gasteiger partial charge in [-0.25, -0.2) is 4.39 Å². The normalized spacial score (nSPS) is 18.8. The van der Waals surface area contributed by atoms with Gasteiger partial charge in [0.2, 0.25) is 5.91 Å². The van der Waals surface area contributed by atoms with E-state index in [1.165, 1.54) is 18.2 Å². The van der Waals surface area contributed by atoms with Gasteiger partial charge in [0.15, 0.2) is 0 Å². The minimum absolute atomic E-state index is 0.0256. The number of benzene rings is 1. The Balaban J connectivity index is 1.80. The molecule has 0 unspecified atom stereocenters. The topological polar surface area (TPSA) is 52.7 Å². The molecule has 0 bridgehead atoms. The molecule has 1 aromatic carbocycles. The van der Waals surface area contributed by atoms with E-state index in [1.54, 1.807) is 4.90 Å². The highest BCUT2D eigenvalue weighted by Gasteiger charge is 2.29. The fourth-order valence-corrected chi connectivity index (χ4v) is 4.07.